The Bertz CT molecular complexity index is 1110. The quantitative estimate of drug-likeness (QED) is 0.435. The summed E-state index contributed by atoms with van der Waals surface area (Å²) in [4.78, 5) is 14.5. The maximum absolute atomic E-state index is 12.0. The summed E-state index contributed by atoms with van der Waals surface area (Å²) in [7, 11) is 5.41. The second-order valence-corrected chi connectivity index (χ2v) is 10.1. The lowest BCUT2D eigenvalue weighted by molar-refractivity contribution is -0.121. The molecule has 1 unspecified atom stereocenters. The zero-order valence-corrected chi connectivity index (χ0v) is 21.6. The number of likely N-dealkylation sites (N-methyl/N-ethyl adjacent to an activating group) is 1. The van der Waals surface area contributed by atoms with Crippen molar-refractivity contribution in [1.82, 2.24) is 15.5 Å². The Morgan fingerprint density at radius 3 is 2.64 bits per heavy atom. The second kappa shape index (κ2) is 10.8. The number of methoxy groups -OCH3 is 1. The predicted octanol–water partition coefficient (Wildman–Crippen LogP) is 4.14. The van der Waals surface area contributed by atoms with Crippen LogP contribution < -0.4 is 25.4 Å². The van der Waals surface area contributed by atoms with Gasteiger partial charge in [0.25, 0.3) is 0 Å². The SMILES string of the molecule is CNCCOc1ccc(C2C=C(N3CC[C@H](CC(=O)NC)C3)c3cc(C4CC4)c(OC)cc3N2)cc1. The first-order valence-corrected chi connectivity index (χ1v) is 13.1. The molecule has 3 aliphatic rings. The molecular weight excluding hydrogens is 452 g/mol. The number of carbonyl (C=O) groups excluding carboxylic acids is 1. The number of carbonyl (C=O) groups is 1. The molecule has 0 aromatic heterocycles. The maximum atomic E-state index is 12.0. The van der Waals surface area contributed by atoms with E-state index >= 15 is 0 Å². The van der Waals surface area contributed by atoms with Gasteiger partial charge in [0.2, 0.25) is 5.91 Å². The first kappa shape index (κ1) is 24.5. The highest BCUT2D eigenvalue weighted by atomic mass is 16.5. The minimum absolute atomic E-state index is 0.0355. The molecule has 192 valence electrons. The molecule has 36 heavy (non-hydrogen) atoms. The van der Waals surface area contributed by atoms with Crippen LogP contribution in [0.2, 0.25) is 0 Å². The lowest BCUT2D eigenvalue weighted by Crippen LogP contribution is -2.26. The molecule has 0 spiro atoms. The van der Waals surface area contributed by atoms with Crippen molar-refractivity contribution in [2.75, 3.05) is 52.8 Å². The number of hydrogen-bond acceptors (Lipinski definition) is 6. The normalized spacial score (nSPS) is 20.9. The molecule has 2 aliphatic heterocycles. The van der Waals surface area contributed by atoms with Crippen LogP contribution in [-0.2, 0) is 4.79 Å². The Hall–Kier alpha value is -3.19. The number of benzene rings is 2. The number of amides is 1. The van der Waals surface area contributed by atoms with Gasteiger partial charge in [-0.3, -0.25) is 4.79 Å². The van der Waals surface area contributed by atoms with E-state index in [0.717, 1.165) is 43.2 Å². The van der Waals surface area contributed by atoms with E-state index in [0.29, 0.717) is 24.9 Å². The second-order valence-electron chi connectivity index (χ2n) is 10.1. The van der Waals surface area contributed by atoms with Gasteiger partial charge >= 0.3 is 0 Å². The number of likely N-dealkylation sites (tertiary alicyclic amines) is 1. The summed E-state index contributed by atoms with van der Waals surface area (Å²) in [6.45, 7) is 3.32. The van der Waals surface area contributed by atoms with E-state index in [4.69, 9.17) is 9.47 Å². The van der Waals surface area contributed by atoms with Crippen LogP contribution in [0.3, 0.4) is 0 Å². The molecule has 7 heteroatoms. The fraction of sp³-hybridized carbons (Fsp3) is 0.483. The summed E-state index contributed by atoms with van der Waals surface area (Å²) in [6.07, 6.45) is 6.42. The van der Waals surface area contributed by atoms with Crippen LogP contribution in [0.15, 0.2) is 42.5 Å². The molecule has 0 radical (unpaired) electrons. The van der Waals surface area contributed by atoms with Gasteiger partial charge in [-0.2, -0.15) is 0 Å². The van der Waals surface area contributed by atoms with E-state index in [1.165, 1.54) is 35.2 Å². The van der Waals surface area contributed by atoms with Crippen molar-refractivity contribution < 1.29 is 14.3 Å². The van der Waals surface area contributed by atoms with E-state index < -0.39 is 0 Å². The maximum Gasteiger partial charge on any atom is 0.220 e. The van der Waals surface area contributed by atoms with Gasteiger partial charge in [0.1, 0.15) is 18.1 Å². The highest BCUT2D eigenvalue weighted by Gasteiger charge is 2.33. The number of nitrogens with one attached hydrogen (secondary N) is 3. The summed E-state index contributed by atoms with van der Waals surface area (Å²) in [5.74, 6) is 2.94. The van der Waals surface area contributed by atoms with E-state index in [-0.39, 0.29) is 11.9 Å². The van der Waals surface area contributed by atoms with Crippen molar-refractivity contribution in [3.8, 4) is 11.5 Å². The van der Waals surface area contributed by atoms with Crippen LogP contribution in [0.1, 0.15) is 54.3 Å². The number of fused-ring (bicyclic) bond motifs is 1. The van der Waals surface area contributed by atoms with Gasteiger partial charge in [-0.05, 0) is 73.5 Å². The fourth-order valence-corrected chi connectivity index (χ4v) is 5.35. The van der Waals surface area contributed by atoms with Crippen molar-refractivity contribution in [2.45, 2.75) is 37.6 Å². The Balaban J connectivity index is 1.44. The standard InChI is InChI=1S/C29H38N4O3/c1-30-11-13-36-22-8-6-21(7-9-22)25-16-27(33-12-10-19(18-33)14-29(34)31-2)24-15-23(20-4-5-20)28(35-3)17-26(24)32-25/h6-9,15-17,19-20,25,30,32H,4-5,10-14,18H2,1-3H3,(H,31,34)/t19-,25?/m1/s1. The van der Waals surface area contributed by atoms with Crippen LogP contribution in [0.25, 0.3) is 5.70 Å². The average Bonchev–Trinajstić information content (AvgIpc) is 3.66. The minimum Gasteiger partial charge on any atom is -0.496 e. The molecule has 2 fully saturated rings. The Labute approximate surface area is 214 Å². The zero-order chi connectivity index (χ0) is 25.1. The van der Waals surface area contributed by atoms with Gasteiger partial charge in [-0.15, -0.1) is 0 Å². The van der Waals surface area contributed by atoms with Gasteiger partial charge < -0.3 is 30.3 Å². The molecular formula is C29H38N4O3. The zero-order valence-electron chi connectivity index (χ0n) is 21.6. The molecule has 0 bridgehead atoms. The topological polar surface area (TPSA) is 74.9 Å². The predicted molar refractivity (Wildman–Crippen MR) is 144 cm³/mol. The first-order chi connectivity index (χ1) is 17.6. The van der Waals surface area contributed by atoms with Crippen LogP contribution >= 0.6 is 0 Å². The Kier molecular flexibility index (Phi) is 7.37. The molecule has 1 saturated carbocycles. The summed E-state index contributed by atoms with van der Waals surface area (Å²) >= 11 is 0. The summed E-state index contributed by atoms with van der Waals surface area (Å²) in [5.41, 5.74) is 6.09. The van der Waals surface area contributed by atoms with Crippen molar-refractivity contribution in [1.29, 1.82) is 0 Å². The first-order valence-electron chi connectivity index (χ1n) is 13.1. The van der Waals surface area contributed by atoms with Crippen molar-refractivity contribution in [2.24, 2.45) is 5.92 Å². The van der Waals surface area contributed by atoms with E-state index in [1.54, 1.807) is 14.2 Å². The number of anilines is 1. The molecule has 5 rings (SSSR count). The van der Waals surface area contributed by atoms with E-state index in [1.807, 2.05) is 19.2 Å². The van der Waals surface area contributed by atoms with Crippen molar-refractivity contribution in [3.63, 3.8) is 0 Å². The molecule has 2 aromatic rings. The minimum atomic E-state index is 0.0355. The molecule has 1 amide bonds. The summed E-state index contributed by atoms with van der Waals surface area (Å²) in [6, 6.07) is 12.9. The Morgan fingerprint density at radius 1 is 1.14 bits per heavy atom. The molecule has 7 nitrogen and oxygen atoms in total. The van der Waals surface area contributed by atoms with Gasteiger partial charge in [0, 0.05) is 56.1 Å². The van der Waals surface area contributed by atoms with Crippen LogP contribution in [-0.4, -0.2) is 58.3 Å². The third kappa shape index (κ3) is 5.31. The average molecular weight is 491 g/mol. The largest absolute Gasteiger partial charge is 0.496 e. The molecule has 1 aliphatic carbocycles. The molecule has 2 aromatic carbocycles. The monoisotopic (exact) mass is 490 g/mol. The smallest absolute Gasteiger partial charge is 0.220 e. The number of ether oxygens (including phenoxy) is 2. The highest BCUT2D eigenvalue weighted by Crippen LogP contribution is 2.49. The van der Waals surface area contributed by atoms with Crippen molar-refractivity contribution in [3.05, 3.63) is 59.2 Å². The van der Waals surface area contributed by atoms with Crippen LogP contribution in [0.4, 0.5) is 5.69 Å². The van der Waals surface area contributed by atoms with Gasteiger partial charge in [0.15, 0.2) is 0 Å². The molecule has 2 atom stereocenters. The van der Waals surface area contributed by atoms with E-state index in [2.05, 4.69) is 51.2 Å². The van der Waals surface area contributed by atoms with E-state index in [9.17, 15) is 4.79 Å². The summed E-state index contributed by atoms with van der Waals surface area (Å²) in [5, 5.41) is 9.64. The Morgan fingerprint density at radius 2 is 1.94 bits per heavy atom. The van der Waals surface area contributed by atoms with Crippen LogP contribution in [0, 0.1) is 5.92 Å². The fourth-order valence-electron chi connectivity index (χ4n) is 5.35. The highest BCUT2D eigenvalue weighted by molar-refractivity contribution is 5.82. The lowest BCUT2D eigenvalue weighted by Gasteiger charge is -2.33. The van der Waals surface area contributed by atoms with Gasteiger partial charge in [-0.25, -0.2) is 0 Å². The van der Waals surface area contributed by atoms with Gasteiger partial charge in [-0.1, -0.05) is 12.1 Å². The number of hydrogen-bond donors (Lipinski definition) is 3. The lowest BCUT2D eigenvalue weighted by atomic mass is 9.93. The third-order valence-corrected chi connectivity index (χ3v) is 7.54. The van der Waals surface area contributed by atoms with Crippen molar-refractivity contribution >= 4 is 17.3 Å². The van der Waals surface area contributed by atoms with Crippen LogP contribution in [0.5, 0.6) is 11.5 Å². The molecule has 1 saturated heterocycles. The molecule has 3 N–H and O–H groups in total. The third-order valence-electron chi connectivity index (χ3n) is 7.54. The summed E-state index contributed by atoms with van der Waals surface area (Å²) < 4.78 is 11.6. The number of rotatable bonds is 10. The number of nitrogens with zero attached hydrogens (tertiary/aromatic N) is 1. The van der Waals surface area contributed by atoms with Gasteiger partial charge in [0.05, 0.1) is 13.2 Å². The molecule has 2 heterocycles.